The summed E-state index contributed by atoms with van der Waals surface area (Å²) >= 11 is 0. The van der Waals surface area contributed by atoms with Gasteiger partial charge in [0.2, 0.25) is 0 Å². The number of pyridine rings is 1. The predicted octanol–water partition coefficient (Wildman–Crippen LogP) is 1.34. The summed E-state index contributed by atoms with van der Waals surface area (Å²) in [5.41, 5.74) is 2.20. The van der Waals surface area contributed by atoms with E-state index in [1.54, 1.807) is 6.20 Å². The maximum Gasteiger partial charge on any atom is 0.0686 e. The first-order valence-electron chi connectivity index (χ1n) is 5.07. The van der Waals surface area contributed by atoms with Crippen LogP contribution < -0.4 is 0 Å². The molecule has 0 bridgehead atoms. The van der Waals surface area contributed by atoms with E-state index in [9.17, 15) is 5.11 Å². The molecule has 0 radical (unpaired) electrons. The van der Waals surface area contributed by atoms with Crippen molar-refractivity contribution in [1.82, 2.24) is 9.88 Å². The van der Waals surface area contributed by atoms with Crippen molar-refractivity contribution in [3.63, 3.8) is 0 Å². The smallest absolute Gasteiger partial charge is 0.0686 e. The highest BCUT2D eigenvalue weighted by molar-refractivity contribution is 5.26. The molecule has 0 aromatic carbocycles. The summed E-state index contributed by atoms with van der Waals surface area (Å²) in [6.07, 6.45) is 6.04. The molecule has 1 saturated heterocycles. The summed E-state index contributed by atoms with van der Waals surface area (Å²) in [5.74, 6) is 0. The maximum atomic E-state index is 9.22. The SMILES string of the molecule is CN1CCC[C@H]1c1cnccc1CO. The minimum Gasteiger partial charge on any atom is -0.392 e. The van der Waals surface area contributed by atoms with Crippen molar-refractivity contribution in [3.05, 3.63) is 29.6 Å². The molecule has 0 spiro atoms. The third-order valence-electron chi connectivity index (χ3n) is 3.00. The van der Waals surface area contributed by atoms with Crippen LogP contribution in [0.1, 0.15) is 30.0 Å². The number of aromatic nitrogens is 1. The second-order valence-electron chi connectivity index (χ2n) is 3.87. The molecule has 1 atom stereocenters. The molecular formula is C11H16N2O. The molecule has 1 aromatic heterocycles. The van der Waals surface area contributed by atoms with Gasteiger partial charge in [0, 0.05) is 18.4 Å². The highest BCUT2D eigenvalue weighted by Gasteiger charge is 2.24. The molecule has 14 heavy (non-hydrogen) atoms. The zero-order valence-corrected chi connectivity index (χ0v) is 8.48. The summed E-state index contributed by atoms with van der Waals surface area (Å²) in [7, 11) is 2.13. The molecule has 0 amide bonds. The van der Waals surface area contributed by atoms with E-state index in [-0.39, 0.29) is 6.61 Å². The van der Waals surface area contributed by atoms with E-state index in [4.69, 9.17) is 0 Å². The average Bonchev–Trinajstić information content (AvgIpc) is 2.64. The van der Waals surface area contributed by atoms with Crippen molar-refractivity contribution in [1.29, 1.82) is 0 Å². The highest BCUT2D eigenvalue weighted by Crippen LogP contribution is 2.31. The predicted molar refractivity (Wildman–Crippen MR) is 54.8 cm³/mol. The van der Waals surface area contributed by atoms with Crippen molar-refractivity contribution in [2.75, 3.05) is 13.6 Å². The normalized spacial score (nSPS) is 22.9. The Morgan fingerprint density at radius 2 is 2.50 bits per heavy atom. The fourth-order valence-electron chi connectivity index (χ4n) is 2.18. The summed E-state index contributed by atoms with van der Waals surface area (Å²) < 4.78 is 0. The highest BCUT2D eigenvalue weighted by atomic mass is 16.3. The first-order chi connectivity index (χ1) is 6.83. The number of nitrogens with zero attached hydrogens (tertiary/aromatic N) is 2. The van der Waals surface area contributed by atoms with Crippen molar-refractivity contribution in [2.45, 2.75) is 25.5 Å². The van der Waals surface area contributed by atoms with E-state index in [0.717, 1.165) is 12.1 Å². The van der Waals surface area contributed by atoms with Gasteiger partial charge >= 0.3 is 0 Å². The fraction of sp³-hybridized carbons (Fsp3) is 0.545. The maximum absolute atomic E-state index is 9.22. The average molecular weight is 192 g/mol. The van der Waals surface area contributed by atoms with E-state index in [1.807, 2.05) is 12.3 Å². The largest absolute Gasteiger partial charge is 0.392 e. The first-order valence-corrected chi connectivity index (χ1v) is 5.07. The van der Waals surface area contributed by atoms with Crippen LogP contribution in [0, 0.1) is 0 Å². The van der Waals surface area contributed by atoms with Crippen molar-refractivity contribution < 1.29 is 5.11 Å². The van der Waals surface area contributed by atoms with Gasteiger partial charge in [-0.05, 0) is 43.6 Å². The number of likely N-dealkylation sites (tertiary alicyclic amines) is 1. The van der Waals surface area contributed by atoms with E-state index >= 15 is 0 Å². The Balaban J connectivity index is 2.30. The lowest BCUT2D eigenvalue weighted by Crippen LogP contribution is -2.18. The van der Waals surface area contributed by atoms with Crippen LogP contribution in [-0.4, -0.2) is 28.6 Å². The lowest BCUT2D eigenvalue weighted by Gasteiger charge is -2.21. The van der Waals surface area contributed by atoms with Crippen LogP contribution in [0.5, 0.6) is 0 Å². The molecule has 1 aromatic rings. The molecule has 1 aliphatic rings. The first kappa shape index (κ1) is 9.62. The van der Waals surface area contributed by atoms with Crippen LogP contribution in [0.4, 0.5) is 0 Å². The molecule has 76 valence electrons. The van der Waals surface area contributed by atoms with E-state index in [1.165, 1.54) is 18.4 Å². The molecule has 0 aliphatic carbocycles. The molecule has 1 N–H and O–H groups in total. The second-order valence-corrected chi connectivity index (χ2v) is 3.87. The number of hydrogen-bond acceptors (Lipinski definition) is 3. The Labute approximate surface area is 84.4 Å². The van der Waals surface area contributed by atoms with E-state index < -0.39 is 0 Å². The minimum atomic E-state index is 0.113. The van der Waals surface area contributed by atoms with E-state index in [0.29, 0.717) is 6.04 Å². The second kappa shape index (κ2) is 4.07. The topological polar surface area (TPSA) is 36.4 Å². The van der Waals surface area contributed by atoms with Crippen LogP contribution in [0.2, 0.25) is 0 Å². The van der Waals surface area contributed by atoms with Gasteiger partial charge in [0.15, 0.2) is 0 Å². The molecule has 2 heterocycles. The molecule has 3 heteroatoms. The van der Waals surface area contributed by atoms with Gasteiger partial charge in [0.25, 0.3) is 0 Å². The van der Waals surface area contributed by atoms with Gasteiger partial charge in [-0.1, -0.05) is 0 Å². The standard InChI is InChI=1S/C11H16N2O/c1-13-6-2-3-11(13)10-7-12-5-4-9(10)8-14/h4-5,7,11,14H,2-3,6,8H2,1H3/t11-/m0/s1. The third kappa shape index (κ3) is 1.65. The Hall–Kier alpha value is -0.930. The Kier molecular flexibility index (Phi) is 2.79. The van der Waals surface area contributed by atoms with Crippen molar-refractivity contribution in [3.8, 4) is 0 Å². The lowest BCUT2D eigenvalue weighted by atomic mass is 10.0. The number of hydrogen-bond donors (Lipinski definition) is 1. The summed E-state index contributed by atoms with van der Waals surface area (Å²) in [6, 6.07) is 2.35. The third-order valence-corrected chi connectivity index (χ3v) is 3.00. The molecule has 0 saturated carbocycles. The number of rotatable bonds is 2. The minimum absolute atomic E-state index is 0.113. The summed E-state index contributed by atoms with van der Waals surface area (Å²) in [6.45, 7) is 1.26. The van der Waals surface area contributed by atoms with E-state index in [2.05, 4.69) is 16.9 Å². The zero-order chi connectivity index (χ0) is 9.97. The van der Waals surface area contributed by atoms with Crippen LogP contribution in [0.15, 0.2) is 18.5 Å². The molecule has 3 nitrogen and oxygen atoms in total. The van der Waals surface area contributed by atoms with Gasteiger partial charge in [-0.15, -0.1) is 0 Å². The lowest BCUT2D eigenvalue weighted by molar-refractivity contribution is 0.270. The Morgan fingerprint density at radius 1 is 1.64 bits per heavy atom. The summed E-state index contributed by atoms with van der Waals surface area (Å²) in [5, 5.41) is 9.22. The van der Waals surface area contributed by atoms with Gasteiger partial charge < -0.3 is 5.11 Å². The van der Waals surface area contributed by atoms with Crippen molar-refractivity contribution >= 4 is 0 Å². The molecular weight excluding hydrogens is 176 g/mol. The quantitative estimate of drug-likeness (QED) is 0.768. The Morgan fingerprint density at radius 3 is 3.14 bits per heavy atom. The van der Waals surface area contributed by atoms with Gasteiger partial charge in [0.1, 0.15) is 0 Å². The monoisotopic (exact) mass is 192 g/mol. The number of aliphatic hydroxyl groups excluding tert-OH is 1. The molecule has 1 fully saturated rings. The van der Waals surface area contributed by atoms with Gasteiger partial charge in [0.05, 0.1) is 6.61 Å². The van der Waals surface area contributed by atoms with Gasteiger partial charge in [-0.2, -0.15) is 0 Å². The van der Waals surface area contributed by atoms with Gasteiger partial charge in [-0.25, -0.2) is 0 Å². The van der Waals surface area contributed by atoms with Crippen LogP contribution in [0.25, 0.3) is 0 Å². The van der Waals surface area contributed by atoms with Crippen LogP contribution in [-0.2, 0) is 6.61 Å². The van der Waals surface area contributed by atoms with Crippen molar-refractivity contribution in [2.24, 2.45) is 0 Å². The molecule has 2 rings (SSSR count). The van der Waals surface area contributed by atoms with Gasteiger partial charge in [-0.3, -0.25) is 9.88 Å². The Bertz CT molecular complexity index is 314. The molecule has 1 aliphatic heterocycles. The molecule has 0 unspecified atom stereocenters. The summed E-state index contributed by atoms with van der Waals surface area (Å²) in [4.78, 5) is 6.46. The van der Waals surface area contributed by atoms with Crippen LogP contribution in [0.3, 0.4) is 0 Å². The number of aliphatic hydroxyl groups is 1. The fourth-order valence-corrected chi connectivity index (χ4v) is 2.18. The van der Waals surface area contributed by atoms with Crippen LogP contribution >= 0.6 is 0 Å². The zero-order valence-electron chi connectivity index (χ0n) is 8.48.